The zero-order valence-electron chi connectivity index (χ0n) is 14.3. The van der Waals surface area contributed by atoms with Crippen LogP contribution in [0.2, 0.25) is 0 Å². The molecule has 0 spiro atoms. The van der Waals surface area contributed by atoms with E-state index in [0.29, 0.717) is 17.8 Å². The lowest BCUT2D eigenvalue weighted by atomic mass is 9.75. The second kappa shape index (κ2) is 7.59. The van der Waals surface area contributed by atoms with Crippen molar-refractivity contribution in [2.24, 2.45) is 17.8 Å². The summed E-state index contributed by atoms with van der Waals surface area (Å²) in [5.74, 6) is 0.698. The minimum atomic E-state index is -0.598. The van der Waals surface area contributed by atoms with Gasteiger partial charge in [-0.05, 0) is 30.6 Å². The summed E-state index contributed by atoms with van der Waals surface area (Å²) in [7, 11) is 0. The van der Waals surface area contributed by atoms with Crippen molar-refractivity contribution >= 4 is 11.7 Å². The van der Waals surface area contributed by atoms with Crippen LogP contribution in [0.15, 0.2) is 23.1 Å². The van der Waals surface area contributed by atoms with Gasteiger partial charge in [0.2, 0.25) is 0 Å². The smallest absolute Gasteiger partial charge is 0.326 e. The zero-order chi connectivity index (χ0) is 17.9. The van der Waals surface area contributed by atoms with Crippen LogP contribution in [0.3, 0.4) is 0 Å². The van der Waals surface area contributed by atoms with Crippen LogP contribution >= 0.6 is 0 Å². The molecule has 1 saturated carbocycles. The molecule has 0 saturated heterocycles. The third kappa shape index (κ3) is 4.43. The average molecular weight is 336 g/mol. The standard InChI is InChI=1S/C17H24N2O5/c1-11(2)14-6-4-12(3)8-15(14)24-17(21)10-18-9-13(19(22)23)5-7-16(18)20/h5,7,9,11-12,14-15H,4,6,8,10H2,1-3H3/t12-,14+,15+/m1/s1. The Bertz CT molecular complexity index is 667. The summed E-state index contributed by atoms with van der Waals surface area (Å²) < 4.78 is 6.65. The molecular formula is C17H24N2O5. The molecule has 0 amide bonds. The number of hydrogen-bond acceptors (Lipinski definition) is 5. The van der Waals surface area contributed by atoms with Gasteiger partial charge in [0.05, 0.1) is 11.1 Å². The van der Waals surface area contributed by atoms with E-state index in [1.54, 1.807) is 0 Å². The molecule has 1 aliphatic carbocycles. The van der Waals surface area contributed by atoms with E-state index in [-0.39, 0.29) is 18.3 Å². The Morgan fingerprint density at radius 3 is 2.75 bits per heavy atom. The van der Waals surface area contributed by atoms with E-state index in [1.165, 1.54) is 0 Å². The highest BCUT2D eigenvalue weighted by molar-refractivity contribution is 5.69. The van der Waals surface area contributed by atoms with E-state index < -0.39 is 16.5 Å². The molecule has 132 valence electrons. The van der Waals surface area contributed by atoms with Gasteiger partial charge in [-0.15, -0.1) is 0 Å². The number of ether oxygens (including phenoxy) is 1. The van der Waals surface area contributed by atoms with Gasteiger partial charge in [0.15, 0.2) is 0 Å². The molecule has 0 bridgehead atoms. The molecule has 1 aromatic rings. The molecule has 0 aromatic carbocycles. The van der Waals surface area contributed by atoms with Crippen molar-refractivity contribution in [3.8, 4) is 0 Å². The summed E-state index contributed by atoms with van der Waals surface area (Å²) in [5.41, 5.74) is -0.691. The van der Waals surface area contributed by atoms with Crippen LogP contribution in [0.4, 0.5) is 5.69 Å². The maximum atomic E-state index is 12.2. The van der Waals surface area contributed by atoms with Crippen molar-refractivity contribution in [1.82, 2.24) is 4.57 Å². The highest BCUT2D eigenvalue weighted by atomic mass is 16.6. The minimum absolute atomic E-state index is 0.157. The van der Waals surface area contributed by atoms with Crippen molar-refractivity contribution < 1.29 is 14.5 Å². The first kappa shape index (κ1) is 18.2. The van der Waals surface area contributed by atoms with Gasteiger partial charge >= 0.3 is 5.97 Å². The normalized spacial score (nSPS) is 23.9. The molecule has 1 aliphatic rings. The number of aromatic nitrogens is 1. The third-order valence-corrected chi connectivity index (χ3v) is 4.72. The van der Waals surface area contributed by atoms with Gasteiger partial charge in [0.25, 0.3) is 11.2 Å². The first-order valence-electron chi connectivity index (χ1n) is 8.32. The first-order valence-corrected chi connectivity index (χ1v) is 8.32. The van der Waals surface area contributed by atoms with Crippen molar-refractivity contribution in [2.45, 2.75) is 52.7 Å². The number of rotatable bonds is 5. The number of carbonyl (C=O) groups excluding carboxylic acids is 1. The largest absolute Gasteiger partial charge is 0.461 e. The van der Waals surface area contributed by atoms with E-state index in [1.807, 2.05) is 0 Å². The van der Waals surface area contributed by atoms with Crippen LogP contribution in [0, 0.1) is 27.9 Å². The summed E-state index contributed by atoms with van der Waals surface area (Å²) in [6.07, 6.45) is 3.89. The zero-order valence-corrected chi connectivity index (χ0v) is 14.3. The molecule has 1 aromatic heterocycles. The van der Waals surface area contributed by atoms with Crippen LogP contribution in [-0.2, 0) is 16.1 Å². The van der Waals surface area contributed by atoms with Crippen LogP contribution in [0.25, 0.3) is 0 Å². The van der Waals surface area contributed by atoms with Gasteiger partial charge in [-0.1, -0.05) is 27.2 Å². The molecule has 0 radical (unpaired) electrons. The second-order valence-electron chi connectivity index (χ2n) is 6.96. The summed E-state index contributed by atoms with van der Waals surface area (Å²) in [6.45, 7) is 6.07. The predicted octanol–water partition coefficient (Wildman–Crippen LogP) is 2.76. The molecule has 7 nitrogen and oxygen atoms in total. The fourth-order valence-electron chi connectivity index (χ4n) is 3.35. The Balaban J connectivity index is 2.08. The number of hydrogen-bond donors (Lipinski definition) is 0. The lowest BCUT2D eigenvalue weighted by Crippen LogP contribution is -2.37. The SMILES string of the molecule is CC(C)[C@@H]1CC[C@@H](C)C[C@@H]1OC(=O)Cn1cc([N+](=O)[O-])ccc1=O. The maximum absolute atomic E-state index is 12.2. The van der Waals surface area contributed by atoms with Gasteiger partial charge < -0.3 is 4.74 Å². The van der Waals surface area contributed by atoms with Crippen LogP contribution in [0.5, 0.6) is 0 Å². The fraction of sp³-hybridized carbons (Fsp3) is 0.647. The summed E-state index contributed by atoms with van der Waals surface area (Å²) >= 11 is 0. The van der Waals surface area contributed by atoms with E-state index in [2.05, 4.69) is 20.8 Å². The van der Waals surface area contributed by atoms with E-state index >= 15 is 0 Å². The second-order valence-corrected chi connectivity index (χ2v) is 6.96. The highest BCUT2D eigenvalue weighted by Gasteiger charge is 2.33. The molecule has 3 atom stereocenters. The molecular weight excluding hydrogens is 312 g/mol. The van der Waals surface area contributed by atoms with E-state index in [4.69, 9.17) is 4.74 Å². The number of esters is 1. The highest BCUT2D eigenvalue weighted by Crippen LogP contribution is 2.35. The molecule has 7 heteroatoms. The monoisotopic (exact) mass is 336 g/mol. The number of carbonyl (C=O) groups is 1. The van der Waals surface area contributed by atoms with Gasteiger partial charge in [-0.25, -0.2) is 0 Å². The van der Waals surface area contributed by atoms with Crippen molar-refractivity contribution in [2.75, 3.05) is 0 Å². The van der Waals surface area contributed by atoms with E-state index in [0.717, 1.165) is 42.2 Å². The topological polar surface area (TPSA) is 91.4 Å². The van der Waals surface area contributed by atoms with Crippen molar-refractivity contribution in [1.29, 1.82) is 0 Å². The van der Waals surface area contributed by atoms with Crippen LogP contribution in [0.1, 0.15) is 40.0 Å². The van der Waals surface area contributed by atoms with E-state index in [9.17, 15) is 19.7 Å². The quantitative estimate of drug-likeness (QED) is 0.468. The van der Waals surface area contributed by atoms with Crippen LogP contribution in [-0.4, -0.2) is 21.6 Å². The van der Waals surface area contributed by atoms with Gasteiger partial charge in [-0.2, -0.15) is 0 Å². The Morgan fingerprint density at radius 1 is 1.42 bits per heavy atom. The summed E-state index contributed by atoms with van der Waals surface area (Å²) in [4.78, 5) is 34.2. The van der Waals surface area contributed by atoms with Crippen LogP contribution < -0.4 is 5.56 Å². The maximum Gasteiger partial charge on any atom is 0.326 e. The molecule has 0 aliphatic heterocycles. The molecule has 0 unspecified atom stereocenters. The molecule has 2 rings (SSSR count). The average Bonchev–Trinajstić information content (AvgIpc) is 2.48. The number of pyridine rings is 1. The predicted molar refractivity (Wildman–Crippen MR) is 88.6 cm³/mol. The van der Waals surface area contributed by atoms with Crippen molar-refractivity contribution in [3.63, 3.8) is 0 Å². The summed E-state index contributed by atoms with van der Waals surface area (Å²) in [5, 5.41) is 10.8. The minimum Gasteiger partial charge on any atom is -0.461 e. The third-order valence-electron chi connectivity index (χ3n) is 4.72. The first-order chi connectivity index (χ1) is 11.3. The lowest BCUT2D eigenvalue weighted by Gasteiger charge is -2.36. The Kier molecular flexibility index (Phi) is 5.75. The molecule has 24 heavy (non-hydrogen) atoms. The van der Waals surface area contributed by atoms with Gasteiger partial charge in [-0.3, -0.25) is 24.3 Å². The van der Waals surface area contributed by atoms with Gasteiger partial charge in [0.1, 0.15) is 12.6 Å². The molecule has 1 heterocycles. The molecule has 0 N–H and O–H groups in total. The summed E-state index contributed by atoms with van der Waals surface area (Å²) in [6, 6.07) is 2.22. The Morgan fingerprint density at radius 2 is 2.12 bits per heavy atom. The van der Waals surface area contributed by atoms with Crippen molar-refractivity contribution in [3.05, 3.63) is 38.8 Å². The Labute approximate surface area is 140 Å². The lowest BCUT2D eigenvalue weighted by molar-refractivity contribution is -0.385. The number of nitrogens with zero attached hydrogens (tertiary/aromatic N) is 2. The Hall–Kier alpha value is -2.18. The van der Waals surface area contributed by atoms with Gasteiger partial charge in [0, 0.05) is 12.1 Å². The number of nitro groups is 1. The molecule has 1 fully saturated rings. The fourth-order valence-corrected chi connectivity index (χ4v) is 3.35.